The first-order valence-corrected chi connectivity index (χ1v) is 9.61. The van der Waals surface area contributed by atoms with Crippen LogP contribution in [0.1, 0.15) is 23.2 Å². The number of amides is 2. The first-order chi connectivity index (χ1) is 13.1. The molecule has 2 aromatic heterocycles. The molecular weight excluding hydrogens is 362 g/mol. The lowest BCUT2D eigenvalue weighted by Gasteiger charge is -2.20. The quantitative estimate of drug-likeness (QED) is 0.643. The number of hydrogen-bond donors (Lipinski definition) is 3. The smallest absolute Gasteiger partial charge is 0.248 e. The number of nitrogens with two attached hydrogens (primary N) is 1. The maximum Gasteiger partial charge on any atom is 0.248 e. The van der Waals surface area contributed by atoms with Crippen LogP contribution in [0.4, 0.5) is 5.13 Å². The molecule has 0 spiro atoms. The number of rotatable bonds is 4. The van der Waals surface area contributed by atoms with E-state index in [1.165, 1.54) is 11.3 Å². The van der Waals surface area contributed by atoms with Gasteiger partial charge < -0.3 is 16.4 Å². The molecule has 2 amide bonds. The monoisotopic (exact) mass is 381 g/mol. The van der Waals surface area contributed by atoms with Crippen molar-refractivity contribution in [3.63, 3.8) is 0 Å². The number of primary amides is 1. The molecule has 7 nitrogen and oxygen atoms in total. The van der Waals surface area contributed by atoms with E-state index in [-0.39, 0.29) is 11.8 Å². The Morgan fingerprint density at radius 2 is 1.96 bits per heavy atom. The fraction of sp³-hybridized carbons (Fsp3) is 0.263. The number of carbonyl (C=O) groups excluding carboxylic acids is 2. The van der Waals surface area contributed by atoms with Crippen molar-refractivity contribution in [3.05, 3.63) is 42.0 Å². The average Bonchev–Trinajstić information content (AvgIpc) is 3.10. The third-order valence-corrected chi connectivity index (χ3v) is 5.52. The standard InChI is InChI=1S/C19H19N5O2S/c20-16(25)13-3-1-2-12(10-13)14-4-5-15-18(22-14)27-19(23-15)24-17(26)11-6-8-21-9-7-11/h1-5,10-11,21H,6-9H2,(H2,20,25)(H,23,24,26). The highest BCUT2D eigenvalue weighted by atomic mass is 32.1. The van der Waals surface area contributed by atoms with Gasteiger partial charge in [0.05, 0.1) is 5.69 Å². The molecule has 0 unspecified atom stereocenters. The van der Waals surface area contributed by atoms with Gasteiger partial charge in [0, 0.05) is 17.0 Å². The zero-order valence-corrected chi connectivity index (χ0v) is 15.4. The molecule has 0 radical (unpaired) electrons. The van der Waals surface area contributed by atoms with Crippen molar-refractivity contribution in [2.45, 2.75) is 12.8 Å². The van der Waals surface area contributed by atoms with Gasteiger partial charge in [0.15, 0.2) is 5.13 Å². The first kappa shape index (κ1) is 17.6. The minimum absolute atomic E-state index is 0.0185. The van der Waals surface area contributed by atoms with Crippen molar-refractivity contribution in [1.82, 2.24) is 15.3 Å². The van der Waals surface area contributed by atoms with Gasteiger partial charge in [-0.2, -0.15) is 0 Å². The minimum atomic E-state index is -0.473. The fourth-order valence-corrected chi connectivity index (χ4v) is 4.00. The molecule has 0 bridgehead atoms. The molecule has 1 aliphatic heterocycles. The number of thiazole rings is 1. The van der Waals surface area contributed by atoms with Crippen molar-refractivity contribution in [2.24, 2.45) is 11.7 Å². The van der Waals surface area contributed by atoms with Crippen molar-refractivity contribution < 1.29 is 9.59 Å². The summed E-state index contributed by atoms with van der Waals surface area (Å²) >= 11 is 1.35. The Kier molecular flexibility index (Phi) is 4.83. The average molecular weight is 381 g/mol. The molecule has 1 aliphatic rings. The number of nitrogens with zero attached hydrogens (tertiary/aromatic N) is 2. The fourth-order valence-electron chi connectivity index (χ4n) is 3.15. The van der Waals surface area contributed by atoms with E-state index < -0.39 is 5.91 Å². The second kappa shape index (κ2) is 7.42. The molecule has 1 fully saturated rings. The third-order valence-electron chi connectivity index (χ3n) is 4.64. The van der Waals surface area contributed by atoms with Crippen molar-refractivity contribution in [1.29, 1.82) is 0 Å². The highest BCUT2D eigenvalue weighted by molar-refractivity contribution is 7.22. The van der Waals surface area contributed by atoms with Gasteiger partial charge >= 0.3 is 0 Å². The largest absolute Gasteiger partial charge is 0.366 e. The van der Waals surface area contributed by atoms with E-state index in [0.29, 0.717) is 10.7 Å². The third kappa shape index (κ3) is 3.81. The number of pyridine rings is 1. The SMILES string of the molecule is NC(=O)c1cccc(-c2ccc3nc(NC(=O)C4CCNCC4)sc3n2)c1. The summed E-state index contributed by atoms with van der Waals surface area (Å²) in [6.45, 7) is 1.74. The number of benzene rings is 1. The summed E-state index contributed by atoms with van der Waals surface area (Å²) in [5, 5.41) is 6.74. The Morgan fingerprint density at radius 1 is 1.15 bits per heavy atom. The number of hydrogen-bond acceptors (Lipinski definition) is 6. The maximum atomic E-state index is 12.4. The predicted octanol–water partition coefficient (Wildman–Crippen LogP) is 2.40. The predicted molar refractivity (Wildman–Crippen MR) is 106 cm³/mol. The number of carbonyl (C=O) groups is 2. The maximum absolute atomic E-state index is 12.4. The molecule has 3 heterocycles. The summed E-state index contributed by atoms with van der Waals surface area (Å²) in [5.41, 5.74) is 8.06. The molecule has 27 heavy (non-hydrogen) atoms. The van der Waals surface area contributed by atoms with Crippen LogP contribution in [-0.4, -0.2) is 34.9 Å². The van der Waals surface area contributed by atoms with Gasteiger partial charge in [-0.1, -0.05) is 23.5 Å². The van der Waals surface area contributed by atoms with Crippen LogP contribution in [0.15, 0.2) is 36.4 Å². The van der Waals surface area contributed by atoms with Crippen molar-refractivity contribution in [3.8, 4) is 11.3 Å². The lowest BCUT2D eigenvalue weighted by atomic mass is 9.97. The highest BCUT2D eigenvalue weighted by Crippen LogP contribution is 2.28. The summed E-state index contributed by atoms with van der Waals surface area (Å²) in [6.07, 6.45) is 1.69. The Bertz CT molecular complexity index is 1010. The van der Waals surface area contributed by atoms with Gasteiger partial charge in [-0.05, 0) is 50.2 Å². The molecule has 0 aliphatic carbocycles. The molecule has 4 N–H and O–H groups in total. The Balaban J connectivity index is 1.57. The number of nitrogens with one attached hydrogen (secondary N) is 2. The Hall–Kier alpha value is -2.84. The van der Waals surface area contributed by atoms with E-state index in [4.69, 9.17) is 5.73 Å². The van der Waals surface area contributed by atoms with Gasteiger partial charge in [0.25, 0.3) is 0 Å². The van der Waals surface area contributed by atoms with Crippen LogP contribution in [0.2, 0.25) is 0 Å². The molecule has 8 heteroatoms. The number of anilines is 1. The number of piperidine rings is 1. The molecule has 0 saturated carbocycles. The van der Waals surface area contributed by atoms with E-state index in [0.717, 1.165) is 47.5 Å². The molecule has 3 aromatic rings. The van der Waals surface area contributed by atoms with Crippen LogP contribution in [0.5, 0.6) is 0 Å². The summed E-state index contributed by atoms with van der Waals surface area (Å²) in [4.78, 5) is 33.6. The van der Waals surface area contributed by atoms with E-state index in [9.17, 15) is 9.59 Å². The summed E-state index contributed by atoms with van der Waals surface area (Å²) < 4.78 is 0. The molecule has 138 valence electrons. The summed E-state index contributed by atoms with van der Waals surface area (Å²) in [7, 11) is 0. The lowest BCUT2D eigenvalue weighted by molar-refractivity contribution is -0.120. The molecule has 4 rings (SSSR count). The zero-order valence-electron chi connectivity index (χ0n) is 14.6. The van der Waals surface area contributed by atoms with Gasteiger partial charge in [-0.25, -0.2) is 9.97 Å². The van der Waals surface area contributed by atoms with Crippen LogP contribution in [-0.2, 0) is 4.79 Å². The molecule has 0 atom stereocenters. The van der Waals surface area contributed by atoms with Crippen LogP contribution in [0.3, 0.4) is 0 Å². The lowest BCUT2D eigenvalue weighted by Crippen LogP contribution is -2.34. The molecule has 1 saturated heterocycles. The second-order valence-electron chi connectivity index (χ2n) is 6.50. The van der Waals surface area contributed by atoms with E-state index in [1.54, 1.807) is 18.2 Å². The summed E-state index contributed by atoms with van der Waals surface area (Å²) in [5.74, 6) is -0.429. The van der Waals surface area contributed by atoms with Crippen LogP contribution in [0.25, 0.3) is 21.6 Å². The normalized spacial score (nSPS) is 15.0. The topological polar surface area (TPSA) is 110 Å². The first-order valence-electron chi connectivity index (χ1n) is 8.79. The van der Waals surface area contributed by atoms with Crippen LogP contribution in [0, 0.1) is 5.92 Å². The van der Waals surface area contributed by atoms with Gasteiger partial charge in [0.2, 0.25) is 11.8 Å². The highest BCUT2D eigenvalue weighted by Gasteiger charge is 2.22. The van der Waals surface area contributed by atoms with E-state index in [1.807, 2.05) is 18.2 Å². The molecule has 1 aromatic carbocycles. The van der Waals surface area contributed by atoms with Crippen LogP contribution < -0.4 is 16.4 Å². The van der Waals surface area contributed by atoms with Crippen molar-refractivity contribution in [2.75, 3.05) is 18.4 Å². The summed E-state index contributed by atoms with van der Waals surface area (Å²) in [6, 6.07) is 10.8. The minimum Gasteiger partial charge on any atom is -0.366 e. The second-order valence-corrected chi connectivity index (χ2v) is 7.48. The number of aromatic nitrogens is 2. The molecular formula is C19H19N5O2S. The number of fused-ring (bicyclic) bond motifs is 1. The van der Waals surface area contributed by atoms with Crippen LogP contribution >= 0.6 is 11.3 Å². The van der Waals surface area contributed by atoms with E-state index >= 15 is 0 Å². The zero-order chi connectivity index (χ0) is 18.8. The van der Waals surface area contributed by atoms with Gasteiger partial charge in [-0.3, -0.25) is 9.59 Å². The van der Waals surface area contributed by atoms with Crippen molar-refractivity contribution >= 4 is 38.6 Å². The van der Waals surface area contributed by atoms with E-state index in [2.05, 4.69) is 20.6 Å². The Labute approximate surface area is 160 Å². The van der Waals surface area contributed by atoms with Gasteiger partial charge in [-0.15, -0.1) is 0 Å². The van der Waals surface area contributed by atoms with Gasteiger partial charge in [0.1, 0.15) is 10.3 Å². The Morgan fingerprint density at radius 3 is 2.74 bits per heavy atom.